The first kappa shape index (κ1) is 118. The van der Waals surface area contributed by atoms with Crippen molar-refractivity contribution in [1.82, 2.24) is 10.6 Å². The fourth-order valence-electron chi connectivity index (χ4n) is 23.1. The van der Waals surface area contributed by atoms with Crippen molar-refractivity contribution >= 4 is 59.9 Å². The van der Waals surface area contributed by atoms with Crippen molar-refractivity contribution in [2.45, 2.75) is 348 Å². The Balaban J connectivity index is 0.000000248. The molecule has 4 bridgehead atoms. The van der Waals surface area contributed by atoms with E-state index in [9.17, 15) is 63.6 Å². The fourth-order valence-corrected chi connectivity index (χ4v) is 23.1. The molecule has 10 aliphatic rings. The number of ether oxygens (including phenoxy) is 19. The Morgan fingerprint density at radius 3 is 1.19 bits per heavy atom. The second-order valence-electron chi connectivity index (χ2n) is 43.2. The van der Waals surface area contributed by atoms with Crippen LogP contribution in [0.2, 0.25) is 0 Å². The van der Waals surface area contributed by atoms with E-state index in [1.54, 1.807) is 144 Å². The van der Waals surface area contributed by atoms with Gasteiger partial charge in [0.2, 0.25) is 0 Å². The molecule has 26 atom stereocenters. The van der Waals surface area contributed by atoms with Gasteiger partial charge in [0.25, 0.3) is 0 Å². The van der Waals surface area contributed by atoms with Gasteiger partial charge in [-0.1, -0.05) is 179 Å². The van der Waals surface area contributed by atoms with Crippen molar-refractivity contribution < 1.29 is 206 Å². The van der Waals surface area contributed by atoms with Gasteiger partial charge in [0, 0.05) is 93.6 Å². The van der Waals surface area contributed by atoms with Gasteiger partial charge in [-0.2, -0.15) is 0 Å². The third-order valence-corrected chi connectivity index (χ3v) is 29.5. The van der Waals surface area contributed by atoms with Crippen molar-refractivity contribution in [3.05, 3.63) is 191 Å². The van der Waals surface area contributed by atoms with Gasteiger partial charge in [0.05, 0.1) is 85.8 Å². The molecule has 4 aliphatic heterocycles. The molecule has 35 nitrogen and oxygen atoms in total. The van der Waals surface area contributed by atoms with Gasteiger partial charge < -0.3 is 126 Å². The predicted molar refractivity (Wildman–Crippen MR) is 511 cm³/mol. The smallest absolute Gasteiger partial charge is 0.547 e. The average Bonchev–Trinajstić information content (AvgIpc) is 0.664. The van der Waals surface area contributed by atoms with E-state index in [1.807, 2.05) is 102 Å². The summed E-state index contributed by atoms with van der Waals surface area (Å²) in [5, 5.41) is 55.8. The summed E-state index contributed by atoms with van der Waals surface area (Å²) in [4.78, 5) is 133. The van der Waals surface area contributed by atoms with Crippen LogP contribution in [0.15, 0.2) is 169 Å². The Kier molecular flexibility index (Phi) is 38.8. The summed E-state index contributed by atoms with van der Waals surface area (Å²) in [6.07, 6.45) is -15.8. The molecule has 789 valence electrons. The van der Waals surface area contributed by atoms with Gasteiger partial charge in [-0.25, -0.2) is 24.0 Å². The Hall–Kier alpha value is -8.80. The molecule has 6 aliphatic carbocycles. The Labute approximate surface area is 882 Å². The third kappa shape index (κ3) is 25.1. The van der Waals surface area contributed by atoms with Gasteiger partial charge in [0.15, 0.2) is 42.1 Å². The summed E-state index contributed by atoms with van der Waals surface area (Å²) >= 11 is 0. The van der Waals surface area contributed by atoms with E-state index in [1.165, 1.54) is 39.8 Å². The number of carbonyl (C=O) groups is 10. The topological polar surface area (TPSA) is 454 Å². The van der Waals surface area contributed by atoms with Gasteiger partial charge >= 0.3 is 83.5 Å². The number of aliphatic hydroxyl groups is 3. The van der Waals surface area contributed by atoms with E-state index in [0.717, 1.165) is 11.1 Å². The summed E-state index contributed by atoms with van der Waals surface area (Å²) in [5.41, 5.74) is -10.1. The van der Waals surface area contributed by atoms with Crippen LogP contribution in [0.4, 0.5) is 9.59 Å². The molecule has 4 heterocycles. The molecule has 37 heteroatoms. The SMILES string of the molecule is C=CC1O[C@H]2C[C@H]3OC[C@@]3(OC(C)=O)[C@H]3[C@H](OC(=O)c4ccccc4)[C@]4(O)C[C@H](O)C(C)=C([C@H](OC(C)=O)[C@H](O1)[C@]23C)C4(C)C.C=CC1O[C@H]2C[C@H]3OC[C@@]3(OC(C)=O)[C@H]3[C@H](OC(=O)c4ccccc4)[C@]4(O)C[C@H](OC(=O)[C@H](OCOCc5ccccc5)[C@H](CC(C)C)NC(=O)OC(C)(C)C)C(C)=C([C@H](OC(C)=O)[C@H](O1)[C@]23C)C4(C)C.CC(C)C[C@H](NC(=O)OC(C)(C)C)[C@@H](OCOCc1ccccc1)C(=O)[O-].[Na+].[V]. The zero-order valence-corrected chi connectivity index (χ0v) is 90.7. The number of carboxylic acid groups (broad SMARTS) is 1. The first-order valence-corrected chi connectivity index (χ1v) is 48.8. The van der Waals surface area contributed by atoms with Crippen LogP contribution < -0.4 is 45.3 Å². The number of aliphatic hydroxyl groups excluding tert-OH is 1. The Morgan fingerprint density at radius 2 is 0.855 bits per heavy atom. The second kappa shape index (κ2) is 47.6. The predicted octanol–water partition coefficient (Wildman–Crippen LogP) is 9.32. The standard InChI is InChI=1S/C54H71NO16.C34H42O11.C20H31NO6.Na.V/c1-13-40-67-38-25-39-53(28-63-39,70-33(6)57)44-46(69-47(58)35-22-18-15-19-23-35)54(61)26-37(31(4)41(51(54,10)11)43(65-32(5)56)45(68-40)52(38,44)12)66-48(59)42(64-29-62-27-34-20-16-14-17-21-34)36(24-30(2)3)55-49(60)71-50(7,8)9;1-8-24-42-22-14-23-33(16-40-23,45-19(4)36)27-29(44-30(38)20-12-10-9-11-13-20)34(39)15-21(37)17(2)25(31(34,5)6)26(41-18(3)35)28(43-24)32(22,27)7;1-14(2)11-16(21-19(24)27-20(3,4)5)17(18(22)23)26-13-25-12-15-9-7-6-8-10-15;;/h13-23,30,36-40,42-46,61H,1,24-29H2,2-12H3,(H,55,60);8-13,21-24,26-29,37,39H,1,14-16H2,2-7H3;6-10,14,16-17H,11-13H2,1-5H3,(H,21,24)(H,22,23);;/q;;;+1;/p-1/t36-,37-,38-,39+,40?,42+,43-,44-,45-,46-,52+,53-,54+;21-,22-,23+,24?,26-,27-,28-,29-,32+,33-,34+;16-,17+;;/m000../s1. The average molecular weight is 2070 g/mol. The van der Waals surface area contributed by atoms with Crippen molar-refractivity contribution in [3.8, 4) is 0 Å². The quantitative estimate of drug-likeness (QED) is 0.00781. The number of amides is 2. The van der Waals surface area contributed by atoms with Crippen molar-refractivity contribution in [3.63, 3.8) is 0 Å². The molecular weight excluding hydrogens is 1930 g/mol. The Morgan fingerprint density at radius 1 is 0.497 bits per heavy atom. The summed E-state index contributed by atoms with van der Waals surface area (Å²) in [6.45, 7) is 44.8. The normalized spacial score (nSPS) is 31.8. The van der Waals surface area contributed by atoms with E-state index in [0.29, 0.717) is 28.7 Å². The van der Waals surface area contributed by atoms with Crippen LogP contribution in [0.1, 0.15) is 223 Å². The number of hydrogen-bond donors (Lipinski definition) is 5. The number of hydrogen-bond acceptors (Lipinski definition) is 33. The third-order valence-electron chi connectivity index (χ3n) is 29.5. The van der Waals surface area contributed by atoms with Crippen LogP contribution in [-0.2, 0) is 151 Å². The largest absolute Gasteiger partial charge is 1.00 e. The van der Waals surface area contributed by atoms with Gasteiger partial charge in [-0.05, 0) is 150 Å². The summed E-state index contributed by atoms with van der Waals surface area (Å²) < 4.78 is 117. The van der Waals surface area contributed by atoms with Crippen LogP contribution in [-0.4, -0.2) is 246 Å². The number of esters is 7. The van der Waals surface area contributed by atoms with Crippen LogP contribution >= 0.6 is 0 Å². The number of aliphatic carboxylic acids is 1. The molecule has 4 aromatic rings. The molecule has 8 fully saturated rings. The van der Waals surface area contributed by atoms with Crippen molar-refractivity contribution in [2.75, 3.05) is 26.8 Å². The number of benzene rings is 4. The van der Waals surface area contributed by atoms with Crippen molar-refractivity contribution in [1.29, 1.82) is 0 Å². The molecule has 5 N–H and O–H groups in total. The summed E-state index contributed by atoms with van der Waals surface area (Å²) in [7, 11) is 0. The first-order valence-electron chi connectivity index (χ1n) is 48.8. The minimum atomic E-state index is -2.24. The van der Waals surface area contributed by atoms with E-state index in [2.05, 4.69) is 23.8 Å². The van der Waals surface area contributed by atoms with Crippen molar-refractivity contribution in [2.24, 2.45) is 45.3 Å². The zero-order chi connectivity index (χ0) is 105. The minimum Gasteiger partial charge on any atom is -0.547 e. The molecule has 0 aromatic heterocycles. The van der Waals surface area contributed by atoms with Crippen LogP contribution in [0.3, 0.4) is 0 Å². The number of nitrogens with one attached hydrogen (secondary N) is 2. The fraction of sp³-hybridized carbons (Fsp3) is 0.611. The number of fused-ring (bicyclic) bond motifs is 8. The second-order valence-corrected chi connectivity index (χ2v) is 43.2. The molecule has 4 saturated heterocycles. The Bertz CT molecular complexity index is 5300. The summed E-state index contributed by atoms with van der Waals surface area (Å²) in [6, 6.07) is 33.6. The first-order chi connectivity index (χ1) is 67.0. The van der Waals surface area contributed by atoms with Gasteiger partial charge in [0.1, 0.15) is 84.8 Å². The molecule has 2 unspecified atom stereocenters. The minimum absolute atomic E-state index is 0. The molecule has 2 amide bonds. The van der Waals surface area contributed by atoms with E-state index in [4.69, 9.17) is 90.0 Å². The maximum absolute atomic E-state index is 15.2. The molecule has 4 saturated carbocycles. The van der Waals surface area contributed by atoms with Crippen LogP contribution in [0.5, 0.6) is 0 Å². The van der Waals surface area contributed by atoms with E-state index in [-0.39, 0.29) is 137 Å². The molecule has 1 radical (unpaired) electrons. The maximum atomic E-state index is 15.2. The van der Waals surface area contributed by atoms with Gasteiger partial charge in [-0.3, -0.25) is 19.2 Å². The van der Waals surface area contributed by atoms with Crippen LogP contribution in [0.25, 0.3) is 0 Å². The molecule has 4 aromatic carbocycles. The zero-order valence-electron chi connectivity index (χ0n) is 87.3. The number of alkyl carbamates (subject to hydrolysis) is 2. The van der Waals surface area contributed by atoms with Crippen LogP contribution in [0, 0.1) is 45.3 Å². The van der Waals surface area contributed by atoms with Gasteiger partial charge in [-0.15, -0.1) is 0 Å². The molecule has 145 heavy (non-hydrogen) atoms. The molecule has 0 spiro atoms. The number of carboxylic acids is 1. The maximum Gasteiger partial charge on any atom is 1.00 e. The summed E-state index contributed by atoms with van der Waals surface area (Å²) in [5.74, 6) is -8.52. The van der Waals surface area contributed by atoms with E-state index >= 15 is 4.79 Å². The molecular formula is C108H143N2NaO33V. The molecule has 14 rings (SSSR count). The van der Waals surface area contributed by atoms with E-state index < -0.39 is 244 Å². The number of rotatable bonds is 31. The monoisotopic (exact) mass is 2070 g/mol. The number of carbonyl (C=O) groups excluding carboxylic acids is 10.